The Balaban J connectivity index is 2.20. The van der Waals surface area contributed by atoms with Crippen molar-refractivity contribution in [1.29, 1.82) is 0 Å². The quantitative estimate of drug-likeness (QED) is 0.747. The Labute approximate surface area is 90.0 Å². The molecular formula is C12H16O3. The molecule has 0 aromatic heterocycles. The average Bonchev–Trinajstić information content (AvgIpc) is 2.29. The van der Waals surface area contributed by atoms with Crippen LogP contribution in [0, 0.1) is 0 Å². The summed E-state index contributed by atoms with van der Waals surface area (Å²) in [6.07, 6.45) is 0.907. The van der Waals surface area contributed by atoms with Crippen LogP contribution in [0.1, 0.15) is 25.2 Å². The van der Waals surface area contributed by atoms with Crippen LogP contribution in [0.3, 0.4) is 0 Å². The van der Waals surface area contributed by atoms with E-state index >= 15 is 0 Å². The fraction of sp³-hybridized carbons (Fsp3) is 0.500. The van der Waals surface area contributed by atoms with E-state index in [1.54, 1.807) is 7.11 Å². The highest BCUT2D eigenvalue weighted by atomic mass is 16.7. The molecule has 1 aromatic rings. The second kappa shape index (κ2) is 4.64. The smallest absolute Gasteiger partial charge is 0.187 e. The molecule has 1 aromatic carbocycles. The van der Waals surface area contributed by atoms with E-state index in [0.29, 0.717) is 0 Å². The first-order valence-electron chi connectivity index (χ1n) is 5.21. The Morgan fingerprint density at radius 2 is 2.13 bits per heavy atom. The van der Waals surface area contributed by atoms with Crippen molar-refractivity contribution in [1.82, 2.24) is 0 Å². The molecule has 0 radical (unpaired) electrons. The summed E-state index contributed by atoms with van der Waals surface area (Å²) < 4.78 is 16.6. The summed E-state index contributed by atoms with van der Waals surface area (Å²) in [5, 5.41) is 0. The van der Waals surface area contributed by atoms with E-state index in [-0.39, 0.29) is 12.4 Å². The molecule has 2 atom stereocenters. The van der Waals surface area contributed by atoms with Crippen molar-refractivity contribution in [3.63, 3.8) is 0 Å². The summed E-state index contributed by atoms with van der Waals surface area (Å²) in [5.41, 5.74) is 0.964. The van der Waals surface area contributed by atoms with Crippen LogP contribution >= 0.6 is 0 Å². The highest BCUT2D eigenvalue weighted by Gasteiger charge is 2.23. The van der Waals surface area contributed by atoms with E-state index in [1.807, 2.05) is 24.3 Å². The Hall–Kier alpha value is -1.06. The SMILES string of the molecule is COc1ccccc1[C@H]1OCC[C@@H](C)O1. The van der Waals surface area contributed by atoms with Gasteiger partial charge in [0.15, 0.2) is 6.29 Å². The fourth-order valence-corrected chi connectivity index (χ4v) is 1.68. The molecule has 1 aliphatic heterocycles. The molecule has 15 heavy (non-hydrogen) atoms. The van der Waals surface area contributed by atoms with Gasteiger partial charge in [0.2, 0.25) is 0 Å². The summed E-state index contributed by atoms with van der Waals surface area (Å²) >= 11 is 0. The highest BCUT2D eigenvalue weighted by Crippen LogP contribution is 2.32. The van der Waals surface area contributed by atoms with Crippen LogP contribution in [-0.4, -0.2) is 19.8 Å². The van der Waals surface area contributed by atoms with Crippen molar-refractivity contribution in [3.8, 4) is 5.75 Å². The normalized spacial score (nSPS) is 26.3. The number of ether oxygens (including phenoxy) is 3. The van der Waals surface area contributed by atoms with E-state index in [9.17, 15) is 0 Å². The molecule has 1 aliphatic rings. The molecule has 1 saturated heterocycles. The maximum Gasteiger partial charge on any atom is 0.187 e. The van der Waals surface area contributed by atoms with Crippen molar-refractivity contribution in [2.45, 2.75) is 25.7 Å². The van der Waals surface area contributed by atoms with E-state index in [1.165, 1.54) is 0 Å². The summed E-state index contributed by atoms with van der Waals surface area (Å²) in [6, 6.07) is 7.79. The largest absolute Gasteiger partial charge is 0.496 e. The van der Waals surface area contributed by atoms with E-state index in [4.69, 9.17) is 14.2 Å². The van der Waals surface area contributed by atoms with Crippen LogP contribution in [0.25, 0.3) is 0 Å². The van der Waals surface area contributed by atoms with Gasteiger partial charge in [-0.1, -0.05) is 18.2 Å². The first kappa shape index (κ1) is 10.5. The zero-order valence-electron chi connectivity index (χ0n) is 9.10. The van der Waals surface area contributed by atoms with E-state index < -0.39 is 0 Å². The third-order valence-corrected chi connectivity index (χ3v) is 2.54. The first-order valence-corrected chi connectivity index (χ1v) is 5.21. The number of methoxy groups -OCH3 is 1. The minimum absolute atomic E-state index is 0.244. The number of para-hydroxylation sites is 1. The Morgan fingerprint density at radius 3 is 2.87 bits per heavy atom. The van der Waals surface area contributed by atoms with Crippen LogP contribution in [-0.2, 0) is 9.47 Å². The molecule has 0 saturated carbocycles. The minimum atomic E-state index is -0.287. The third kappa shape index (κ3) is 2.30. The van der Waals surface area contributed by atoms with Gasteiger partial charge in [0.25, 0.3) is 0 Å². The van der Waals surface area contributed by atoms with Gasteiger partial charge in [-0.2, -0.15) is 0 Å². The number of hydrogen-bond donors (Lipinski definition) is 0. The van der Waals surface area contributed by atoms with Gasteiger partial charge in [0, 0.05) is 5.56 Å². The number of benzene rings is 1. The minimum Gasteiger partial charge on any atom is -0.496 e. The molecular weight excluding hydrogens is 192 g/mol. The fourth-order valence-electron chi connectivity index (χ4n) is 1.68. The zero-order chi connectivity index (χ0) is 10.7. The van der Waals surface area contributed by atoms with Crippen molar-refractivity contribution in [2.75, 3.05) is 13.7 Å². The molecule has 0 unspecified atom stereocenters. The lowest BCUT2D eigenvalue weighted by Gasteiger charge is -2.29. The molecule has 0 N–H and O–H groups in total. The number of hydrogen-bond acceptors (Lipinski definition) is 3. The van der Waals surface area contributed by atoms with Crippen molar-refractivity contribution in [3.05, 3.63) is 29.8 Å². The van der Waals surface area contributed by atoms with Gasteiger partial charge >= 0.3 is 0 Å². The lowest BCUT2D eigenvalue weighted by atomic mass is 10.1. The van der Waals surface area contributed by atoms with Crippen LogP contribution in [0.5, 0.6) is 5.75 Å². The lowest BCUT2D eigenvalue weighted by Crippen LogP contribution is -2.24. The number of rotatable bonds is 2. The zero-order valence-corrected chi connectivity index (χ0v) is 9.10. The van der Waals surface area contributed by atoms with Crippen molar-refractivity contribution >= 4 is 0 Å². The molecule has 1 heterocycles. The third-order valence-electron chi connectivity index (χ3n) is 2.54. The Morgan fingerprint density at radius 1 is 1.33 bits per heavy atom. The average molecular weight is 208 g/mol. The lowest BCUT2D eigenvalue weighted by molar-refractivity contribution is -0.212. The maximum absolute atomic E-state index is 5.71. The van der Waals surface area contributed by atoms with Crippen LogP contribution < -0.4 is 4.74 Å². The van der Waals surface area contributed by atoms with Crippen molar-refractivity contribution < 1.29 is 14.2 Å². The monoisotopic (exact) mass is 208 g/mol. The molecule has 0 amide bonds. The predicted octanol–water partition coefficient (Wildman–Crippen LogP) is 2.52. The van der Waals surface area contributed by atoms with E-state index in [2.05, 4.69) is 6.92 Å². The molecule has 1 fully saturated rings. The second-order valence-corrected chi connectivity index (χ2v) is 3.68. The summed E-state index contributed by atoms with van der Waals surface area (Å²) in [7, 11) is 1.66. The first-order chi connectivity index (χ1) is 7.31. The standard InChI is InChI=1S/C12H16O3/c1-9-7-8-14-12(15-9)10-5-3-4-6-11(10)13-2/h3-6,9,12H,7-8H2,1-2H3/t9-,12+/m1/s1. The van der Waals surface area contributed by atoms with E-state index in [0.717, 1.165) is 24.3 Å². The molecule has 2 rings (SSSR count). The Bertz CT molecular complexity index is 324. The van der Waals surface area contributed by atoms with Gasteiger partial charge in [-0.25, -0.2) is 0 Å². The summed E-state index contributed by atoms with van der Waals surface area (Å²) in [5.74, 6) is 0.816. The molecule has 0 bridgehead atoms. The predicted molar refractivity (Wildman–Crippen MR) is 56.9 cm³/mol. The molecule has 82 valence electrons. The van der Waals surface area contributed by atoms with Gasteiger partial charge in [-0.05, 0) is 19.4 Å². The van der Waals surface area contributed by atoms with Crippen LogP contribution in [0.15, 0.2) is 24.3 Å². The van der Waals surface area contributed by atoms with Gasteiger partial charge in [0.1, 0.15) is 5.75 Å². The van der Waals surface area contributed by atoms with Gasteiger partial charge in [0.05, 0.1) is 19.8 Å². The summed E-state index contributed by atoms with van der Waals surface area (Å²) in [4.78, 5) is 0. The highest BCUT2D eigenvalue weighted by molar-refractivity contribution is 5.34. The Kier molecular flexibility index (Phi) is 3.23. The van der Waals surface area contributed by atoms with Crippen LogP contribution in [0.4, 0.5) is 0 Å². The molecule has 0 aliphatic carbocycles. The molecule has 3 nitrogen and oxygen atoms in total. The second-order valence-electron chi connectivity index (χ2n) is 3.68. The summed E-state index contributed by atoms with van der Waals surface area (Å²) in [6.45, 7) is 2.80. The molecule has 3 heteroatoms. The van der Waals surface area contributed by atoms with Crippen LogP contribution in [0.2, 0.25) is 0 Å². The topological polar surface area (TPSA) is 27.7 Å². The van der Waals surface area contributed by atoms with Gasteiger partial charge < -0.3 is 14.2 Å². The van der Waals surface area contributed by atoms with Gasteiger partial charge in [-0.15, -0.1) is 0 Å². The molecule has 0 spiro atoms. The maximum atomic E-state index is 5.71. The van der Waals surface area contributed by atoms with Gasteiger partial charge in [-0.3, -0.25) is 0 Å². The van der Waals surface area contributed by atoms with Crippen molar-refractivity contribution in [2.24, 2.45) is 0 Å².